The van der Waals surface area contributed by atoms with Crippen molar-refractivity contribution in [3.63, 3.8) is 0 Å². The van der Waals surface area contributed by atoms with Crippen molar-refractivity contribution in [3.8, 4) is 11.6 Å². The first kappa shape index (κ1) is 27.1. The number of thiophene rings is 1. The number of nitrogens with zero attached hydrogens (tertiary/aromatic N) is 3. The third-order valence-corrected chi connectivity index (χ3v) is 8.74. The molecule has 3 amide bonds. The minimum atomic E-state index is -1.04. The molecular formula is C30H32N6O4S. The van der Waals surface area contributed by atoms with Crippen LogP contribution in [0.15, 0.2) is 54.9 Å². The molecule has 3 aromatic heterocycles. The van der Waals surface area contributed by atoms with Crippen molar-refractivity contribution in [2.45, 2.75) is 64.3 Å². The monoisotopic (exact) mass is 572 g/mol. The Kier molecular flexibility index (Phi) is 7.57. The number of carbonyl (C=O) groups is 2. The lowest BCUT2D eigenvalue weighted by Crippen LogP contribution is -2.52. The summed E-state index contributed by atoms with van der Waals surface area (Å²) < 4.78 is 5.87. The third kappa shape index (κ3) is 5.35. The Morgan fingerprint density at radius 1 is 1.17 bits per heavy atom. The van der Waals surface area contributed by atoms with Crippen molar-refractivity contribution in [2.75, 3.05) is 10.2 Å². The molecule has 4 aromatic rings. The minimum absolute atomic E-state index is 0.000727. The number of urea groups is 1. The fourth-order valence-electron chi connectivity index (χ4n) is 5.55. The minimum Gasteiger partial charge on any atom is -0.439 e. The highest BCUT2D eigenvalue weighted by atomic mass is 32.1. The van der Waals surface area contributed by atoms with Gasteiger partial charge in [-0.1, -0.05) is 38.0 Å². The second-order valence-corrected chi connectivity index (χ2v) is 11.4. The number of aliphatic hydroxyl groups excluding tert-OH is 1. The second-order valence-electron chi connectivity index (χ2n) is 10.3. The van der Waals surface area contributed by atoms with Crippen LogP contribution in [0.25, 0.3) is 10.2 Å². The first-order valence-corrected chi connectivity index (χ1v) is 14.7. The first-order chi connectivity index (χ1) is 19.9. The Bertz CT molecular complexity index is 1590. The first-order valence-electron chi connectivity index (χ1n) is 13.9. The van der Waals surface area contributed by atoms with Gasteiger partial charge in [0.1, 0.15) is 16.8 Å². The van der Waals surface area contributed by atoms with E-state index in [0.29, 0.717) is 44.8 Å². The highest BCUT2D eigenvalue weighted by Gasteiger charge is 2.35. The van der Waals surface area contributed by atoms with E-state index in [1.54, 1.807) is 29.4 Å². The molecule has 10 nitrogen and oxygen atoms in total. The number of benzene rings is 1. The van der Waals surface area contributed by atoms with Crippen LogP contribution >= 0.6 is 11.3 Å². The summed E-state index contributed by atoms with van der Waals surface area (Å²) in [6.07, 6.45) is 6.42. The highest BCUT2D eigenvalue weighted by molar-refractivity contribution is 7.19. The van der Waals surface area contributed by atoms with Gasteiger partial charge in [-0.2, -0.15) is 0 Å². The molecule has 1 aromatic carbocycles. The van der Waals surface area contributed by atoms with Gasteiger partial charge in [-0.15, -0.1) is 11.3 Å². The van der Waals surface area contributed by atoms with E-state index in [9.17, 15) is 14.7 Å². The number of hydrogen-bond donors (Lipinski definition) is 4. The Balaban J connectivity index is 1.29. The van der Waals surface area contributed by atoms with Gasteiger partial charge in [-0.05, 0) is 43.5 Å². The number of aliphatic hydroxyl groups is 1. The van der Waals surface area contributed by atoms with Gasteiger partial charge in [0.15, 0.2) is 0 Å². The number of para-hydroxylation sites is 1. The van der Waals surface area contributed by atoms with Crippen molar-refractivity contribution in [1.82, 2.24) is 20.6 Å². The Morgan fingerprint density at radius 2 is 1.95 bits per heavy atom. The summed E-state index contributed by atoms with van der Waals surface area (Å²) in [4.78, 5) is 37.5. The fourth-order valence-corrected chi connectivity index (χ4v) is 6.62. The van der Waals surface area contributed by atoms with Crippen LogP contribution in [0.3, 0.4) is 0 Å². The fraction of sp³-hybridized carbons (Fsp3) is 0.333. The number of aryl methyl sites for hydroxylation is 1. The average molecular weight is 573 g/mol. The second kappa shape index (κ2) is 11.4. The summed E-state index contributed by atoms with van der Waals surface area (Å²) in [5, 5.41) is 21.5. The summed E-state index contributed by atoms with van der Waals surface area (Å²) >= 11 is 1.34. The van der Waals surface area contributed by atoms with Crippen molar-refractivity contribution in [3.05, 3.63) is 65.3 Å². The van der Waals surface area contributed by atoms with Gasteiger partial charge in [-0.3, -0.25) is 15.0 Å². The molecule has 0 spiro atoms. The molecule has 41 heavy (non-hydrogen) atoms. The van der Waals surface area contributed by atoms with Gasteiger partial charge >= 0.3 is 6.03 Å². The third-order valence-electron chi connectivity index (χ3n) is 7.59. The number of carbonyl (C=O) groups excluding carboxylic acids is 2. The lowest BCUT2D eigenvalue weighted by Gasteiger charge is -2.34. The number of aromatic nitrogens is 2. The van der Waals surface area contributed by atoms with E-state index in [-0.39, 0.29) is 24.0 Å². The van der Waals surface area contributed by atoms with Crippen LogP contribution in [0.5, 0.6) is 11.6 Å². The number of anilines is 3. The molecular weight excluding hydrogens is 540 g/mol. The van der Waals surface area contributed by atoms with Gasteiger partial charge in [0, 0.05) is 30.8 Å². The topological polar surface area (TPSA) is 129 Å². The van der Waals surface area contributed by atoms with Crippen LogP contribution in [-0.4, -0.2) is 39.1 Å². The van der Waals surface area contributed by atoms with Crippen molar-refractivity contribution in [2.24, 2.45) is 0 Å². The van der Waals surface area contributed by atoms with Crippen LogP contribution in [0.2, 0.25) is 0 Å². The van der Waals surface area contributed by atoms with E-state index in [4.69, 9.17) is 4.74 Å². The molecule has 4 N–H and O–H groups in total. The number of hydrogen-bond acceptors (Lipinski definition) is 8. The number of rotatable bonds is 8. The summed E-state index contributed by atoms with van der Waals surface area (Å²) in [6, 6.07) is 12.5. The molecule has 1 unspecified atom stereocenters. The molecule has 1 aliphatic heterocycles. The maximum Gasteiger partial charge on any atom is 0.331 e. The quantitative estimate of drug-likeness (QED) is 0.194. The predicted octanol–water partition coefficient (Wildman–Crippen LogP) is 5.89. The number of ether oxygens (including phenoxy) is 1. The molecule has 6 rings (SSSR count). The summed E-state index contributed by atoms with van der Waals surface area (Å²) in [5.41, 5.74) is 2.64. The molecule has 2 aliphatic rings. The van der Waals surface area contributed by atoms with Gasteiger partial charge in [-0.25, -0.2) is 14.8 Å². The van der Waals surface area contributed by atoms with Crippen LogP contribution in [0.4, 0.5) is 21.9 Å². The van der Waals surface area contributed by atoms with Gasteiger partial charge < -0.3 is 20.5 Å². The molecule has 1 aliphatic carbocycles. The van der Waals surface area contributed by atoms with Crippen molar-refractivity contribution in [1.29, 1.82) is 0 Å². The van der Waals surface area contributed by atoms with E-state index in [1.165, 1.54) is 11.3 Å². The Morgan fingerprint density at radius 3 is 2.71 bits per heavy atom. The smallest absolute Gasteiger partial charge is 0.331 e. The van der Waals surface area contributed by atoms with Crippen LogP contribution < -0.4 is 25.6 Å². The molecule has 0 bridgehead atoms. The lowest BCUT2D eigenvalue weighted by molar-refractivity contribution is -0.122. The molecule has 212 valence electrons. The standard InChI is InChI=1S/C30H32N6O4S/c1-3-23(37)33-19-11-7-8-12-20(19)34-28(38)27-26-25-21(13-14-31-29(25)41-27)36(30(39)35-26)22-16-32-24(15-17(22)2)40-18-9-5-4-6-10-18/h4-6,9-10,13-16,19-20,28,34,38H,3,7-8,11-12H2,1-2H3,(H,33,37)(H,35,39)/t19-,20+,28?/m0/s1. The Labute approximate surface area is 241 Å². The molecule has 0 radical (unpaired) electrons. The number of nitrogens with one attached hydrogen (secondary N) is 3. The van der Waals surface area contributed by atoms with Crippen LogP contribution in [0.1, 0.15) is 55.7 Å². The van der Waals surface area contributed by atoms with Gasteiger partial charge in [0.25, 0.3) is 0 Å². The predicted molar refractivity (Wildman–Crippen MR) is 159 cm³/mol. The summed E-state index contributed by atoms with van der Waals surface area (Å²) in [5.74, 6) is 1.10. The van der Waals surface area contributed by atoms with E-state index in [2.05, 4.69) is 25.9 Å². The molecule has 1 fully saturated rings. The molecule has 0 saturated heterocycles. The van der Waals surface area contributed by atoms with Crippen LogP contribution in [0, 0.1) is 6.92 Å². The largest absolute Gasteiger partial charge is 0.439 e. The normalized spacial score (nSPS) is 19.1. The van der Waals surface area contributed by atoms with Crippen LogP contribution in [-0.2, 0) is 4.79 Å². The number of pyridine rings is 2. The zero-order chi connectivity index (χ0) is 28.5. The molecule has 1 saturated carbocycles. The SMILES string of the molecule is CCC(=O)N[C@H]1CCCC[C@H]1NC(O)c1sc2nccc3c2c1NC(=O)N3c1cnc(Oc2ccccc2)cc1C. The maximum atomic E-state index is 13.6. The summed E-state index contributed by atoms with van der Waals surface area (Å²) in [7, 11) is 0. The van der Waals surface area contributed by atoms with E-state index < -0.39 is 6.23 Å². The van der Waals surface area contributed by atoms with Crippen molar-refractivity contribution >= 4 is 50.6 Å². The van der Waals surface area contributed by atoms with E-state index >= 15 is 0 Å². The highest BCUT2D eigenvalue weighted by Crippen LogP contribution is 2.48. The lowest BCUT2D eigenvalue weighted by atomic mass is 9.90. The molecule has 3 atom stereocenters. The maximum absolute atomic E-state index is 13.6. The zero-order valence-electron chi connectivity index (χ0n) is 22.9. The number of amides is 3. The Hall–Kier alpha value is -4.06. The average Bonchev–Trinajstić information content (AvgIpc) is 3.35. The summed E-state index contributed by atoms with van der Waals surface area (Å²) in [6.45, 7) is 3.74. The van der Waals surface area contributed by atoms with Crippen molar-refractivity contribution < 1.29 is 19.4 Å². The van der Waals surface area contributed by atoms with Gasteiger partial charge in [0.05, 0.1) is 33.5 Å². The van der Waals surface area contributed by atoms with E-state index in [1.807, 2.05) is 44.2 Å². The molecule has 11 heteroatoms. The molecule has 4 heterocycles. The zero-order valence-corrected chi connectivity index (χ0v) is 23.7. The van der Waals surface area contributed by atoms with E-state index in [0.717, 1.165) is 36.6 Å². The van der Waals surface area contributed by atoms with Gasteiger partial charge in [0.2, 0.25) is 11.8 Å².